The van der Waals surface area contributed by atoms with Gasteiger partial charge < -0.3 is 14.2 Å². The standard InChI is InChI=1S/C25H22N4OS/c1-3-29-22-7-5-4-6-20(22)21-14-17(8-13-23(21)29)15-26-27-25-28(2)24(16-31-25)18-9-11-19(30)12-10-18/h4-16,30H,3H2,1-2H3. The highest BCUT2D eigenvalue weighted by Gasteiger charge is 2.09. The Labute approximate surface area is 183 Å². The number of benzene rings is 3. The van der Waals surface area contributed by atoms with E-state index in [4.69, 9.17) is 0 Å². The van der Waals surface area contributed by atoms with E-state index in [0.29, 0.717) is 0 Å². The summed E-state index contributed by atoms with van der Waals surface area (Å²) in [7, 11) is 1.97. The maximum absolute atomic E-state index is 9.50. The number of aromatic hydroxyl groups is 1. The Kier molecular flexibility index (Phi) is 4.92. The van der Waals surface area contributed by atoms with Gasteiger partial charge in [0.2, 0.25) is 4.80 Å². The van der Waals surface area contributed by atoms with Gasteiger partial charge in [-0.1, -0.05) is 24.3 Å². The number of fused-ring (bicyclic) bond motifs is 3. The molecule has 1 N–H and O–H groups in total. The first-order chi connectivity index (χ1) is 15.2. The Bertz CT molecular complexity index is 1490. The maximum atomic E-state index is 9.50. The van der Waals surface area contributed by atoms with Crippen molar-refractivity contribution in [3.05, 3.63) is 82.5 Å². The Morgan fingerprint density at radius 1 is 0.968 bits per heavy atom. The summed E-state index contributed by atoms with van der Waals surface area (Å²) in [4.78, 5) is 0.808. The summed E-state index contributed by atoms with van der Waals surface area (Å²) in [5.41, 5.74) is 5.58. The number of rotatable bonds is 4. The summed E-state index contributed by atoms with van der Waals surface area (Å²) in [6.45, 7) is 3.11. The van der Waals surface area contributed by atoms with Crippen LogP contribution in [0.4, 0.5) is 0 Å². The van der Waals surface area contributed by atoms with Gasteiger partial charge in [0.25, 0.3) is 0 Å². The van der Waals surface area contributed by atoms with E-state index >= 15 is 0 Å². The summed E-state index contributed by atoms with van der Waals surface area (Å²) in [5, 5.41) is 22.8. The van der Waals surface area contributed by atoms with Gasteiger partial charge in [-0.2, -0.15) is 5.10 Å². The van der Waals surface area contributed by atoms with Crippen LogP contribution in [-0.2, 0) is 13.6 Å². The van der Waals surface area contributed by atoms with Crippen molar-refractivity contribution in [1.82, 2.24) is 9.13 Å². The predicted octanol–water partition coefficient (Wildman–Crippen LogP) is 5.52. The van der Waals surface area contributed by atoms with Gasteiger partial charge >= 0.3 is 0 Å². The van der Waals surface area contributed by atoms with Crippen LogP contribution in [0.2, 0.25) is 0 Å². The molecule has 0 aliphatic carbocycles. The van der Waals surface area contributed by atoms with E-state index in [1.165, 1.54) is 33.1 Å². The third-order valence-electron chi connectivity index (χ3n) is 5.55. The number of para-hydroxylation sites is 1. The van der Waals surface area contributed by atoms with Gasteiger partial charge in [0, 0.05) is 40.8 Å². The van der Waals surface area contributed by atoms with Gasteiger partial charge in [-0.25, -0.2) is 0 Å². The average Bonchev–Trinajstić information content (AvgIpc) is 3.32. The first-order valence-electron chi connectivity index (χ1n) is 10.2. The van der Waals surface area contributed by atoms with Gasteiger partial charge in [-0.05, 0) is 60.5 Å². The lowest BCUT2D eigenvalue weighted by Gasteiger charge is -2.02. The molecule has 154 valence electrons. The number of nitrogens with zero attached hydrogens (tertiary/aromatic N) is 4. The summed E-state index contributed by atoms with van der Waals surface area (Å²) in [6.07, 6.45) is 1.80. The fourth-order valence-electron chi connectivity index (χ4n) is 3.99. The third-order valence-corrected chi connectivity index (χ3v) is 6.46. The Hall–Kier alpha value is -3.64. The molecule has 6 heteroatoms. The van der Waals surface area contributed by atoms with Crippen molar-refractivity contribution in [2.24, 2.45) is 17.3 Å². The van der Waals surface area contributed by atoms with Gasteiger partial charge in [-0.3, -0.25) is 0 Å². The SMILES string of the molecule is CCn1c2ccccc2c2cc(C=NN=c3scc(-c4ccc(O)cc4)n3C)ccc21. The Morgan fingerprint density at radius 3 is 2.55 bits per heavy atom. The maximum Gasteiger partial charge on any atom is 0.210 e. The molecule has 0 amide bonds. The fourth-order valence-corrected chi connectivity index (χ4v) is 4.85. The highest BCUT2D eigenvalue weighted by atomic mass is 32.1. The van der Waals surface area contributed by atoms with Crippen molar-refractivity contribution >= 4 is 39.4 Å². The van der Waals surface area contributed by atoms with Crippen molar-refractivity contribution in [3.8, 4) is 17.0 Å². The molecule has 2 aromatic heterocycles. The molecule has 0 aliphatic rings. The summed E-state index contributed by atoms with van der Waals surface area (Å²) < 4.78 is 4.35. The molecule has 0 radical (unpaired) electrons. The molecular formula is C25H22N4OS. The topological polar surface area (TPSA) is 54.8 Å². The molecule has 0 spiro atoms. The van der Waals surface area contributed by atoms with E-state index in [-0.39, 0.29) is 5.75 Å². The average molecular weight is 427 g/mol. The smallest absolute Gasteiger partial charge is 0.210 e. The van der Waals surface area contributed by atoms with Crippen LogP contribution in [0, 0.1) is 0 Å². The van der Waals surface area contributed by atoms with E-state index in [1.54, 1.807) is 18.3 Å². The van der Waals surface area contributed by atoms with Crippen LogP contribution < -0.4 is 4.80 Å². The number of phenolic OH excluding ortho intramolecular Hbond substituents is 1. The number of aryl methyl sites for hydroxylation is 1. The largest absolute Gasteiger partial charge is 0.508 e. The van der Waals surface area contributed by atoms with Crippen LogP contribution in [-0.4, -0.2) is 20.5 Å². The number of aromatic nitrogens is 2. The minimum Gasteiger partial charge on any atom is -0.508 e. The highest BCUT2D eigenvalue weighted by molar-refractivity contribution is 7.07. The van der Waals surface area contributed by atoms with Crippen LogP contribution in [0.25, 0.3) is 33.1 Å². The number of thiazole rings is 1. The molecule has 0 saturated heterocycles. The lowest BCUT2D eigenvalue weighted by Crippen LogP contribution is -2.10. The van der Waals surface area contributed by atoms with Crippen molar-refractivity contribution < 1.29 is 5.11 Å². The van der Waals surface area contributed by atoms with Gasteiger partial charge in [0.15, 0.2) is 0 Å². The molecule has 0 bridgehead atoms. The van der Waals surface area contributed by atoms with Crippen LogP contribution in [0.15, 0.2) is 82.3 Å². The molecule has 0 fully saturated rings. The molecule has 3 aromatic carbocycles. The first-order valence-corrected chi connectivity index (χ1v) is 11.1. The summed E-state index contributed by atoms with van der Waals surface area (Å²) in [5.74, 6) is 0.259. The lowest BCUT2D eigenvalue weighted by molar-refractivity contribution is 0.475. The molecule has 0 aliphatic heterocycles. The molecule has 0 saturated carbocycles. The Morgan fingerprint density at radius 2 is 1.74 bits per heavy atom. The molecular weight excluding hydrogens is 404 g/mol. The van der Waals surface area contributed by atoms with Crippen molar-refractivity contribution in [2.45, 2.75) is 13.5 Å². The van der Waals surface area contributed by atoms with Crippen molar-refractivity contribution in [3.63, 3.8) is 0 Å². The fraction of sp³-hybridized carbons (Fsp3) is 0.120. The highest BCUT2D eigenvalue weighted by Crippen LogP contribution is 2.29. The first kappa shape index (κ1) is 19.3. The van der Waals surface area contributed by atoms with E-state index in [2.05, 4.69) is 64.2 Å². The van der Waals surface area contributed by atoms with E-state index in [9.17, 15) is 5.11 Å². The second-order valence-electron chi connectivity index (χ2n) is 7.39. The summed E-state index contributed by atoms with van der Waals surface area (Å²) in [6, 6.07) is 22.1. The zero-order valence-corrected chi connectivity index (χ0v) is 18.2. The van der Waals surface area contributed by atoms with E-state index in [0.717, 1.165) is 28.2 Å². The molecule has 5 rings (SSSR count). The monoisotopic (exact) mass is 426 g/mol. The number of phenols is 1. The minimum absolute atomic E-state index is 0.259. The molecule has 0 atom stereocenters. The predicted molar refractivity (Wildman–Crippen MR) is 129 cm³/mol. The van der Waals surface area contributed by atoms with Crippen molar-refractivity contribution in [1.29, 1.82) is 0 Å². The van der Waals surface area contributed by atoms with E-state index in [1.807, 2.05) is 29.1 Å². The minimum atomic E-state index is 0.259. The zero-order chi connectivity index (χ0) is 21.4. The van der Waals surface area contributed by atoms with Gasteiger partial charge in [0.05, 0.1) is 11.9 Å². The quantitative estimate of drug-likeness (QED) is 0.298. The number of hydrogen-bond acceptors (Lipinski definition) is 4. The molecule has 31 heavy (non-hydrogen) atoms. The van der Waals surface area contributed by atoms with Crippen LogP contribution in [0.5, 0.6) is 5.75 Å². The second kappa shape index (κ2) is 7.89. The molecule has 5 nitrogen and oxygen atoms in total. The lowest BCUT2D eigenvalue weighted by atomic mass is 10.1. The van der Waals surface area contributed by atoms with Crippen LogP contribution >= 0.6 is 11.3 Å². The Balaban J connectivity index is 1.49. The van der Waals surface area contributed by atoms with Gasteiger partial charge in [0.1, 0.15) is 5.75 Å². The number of hydrogen-bond donors (Lipinski definition) is 1. The van der Waals surface area contributed by atoms with E-state index < -0.39 is 0 Å². The summed E-state index contributed by atoms with van der Waals surface area (Å²) >= 11 is 1.54. The van der Waals surface area contributed by atoms with Gasteiger partial charge in [-0.15, -0.1) is 16.4 Å². The molecule has 5 aromatic rings. The van der Waals surface area contributed by atoms with Crippen molar-refractivity contribution in [2.75, 3.05) is 0 Å². The zero-order valence-electron chi connectivity index (χ0n) is 17.4. The molecule has 0 unspecified atom stereocenters. The van der Waals surface area contributed by atoms with Crippen LogP contribution in [0.1, 0.15) is 12.5 Å². The normalized spacial score (nSPS) is 12.5. The second-order valence-corrected chi connectivity index (χ2v) is 8.23. The molecule has 2 heterocycles. The third kappa shape index (κ3) is 3.45. The van der Waals surface area contributed by atoms with Crippen LogP contribution in [0.3, 0.4) is 0 Å².